The van der Waals surface area contributed by atoms with Gasteiger partial charge in [-0.2, -0.15) is 0 Å². The Kier molecular flexibility index (Phi) is 8.02. The molecule has 3 rings (SSSR count). The molecule has 0 aliphatic rings. The van der Waals surface area contributed by atoms with Crippen molar-refractivity contribution in [1.29, 1.82) is 0 Å². The number of nitrogens with one attached hydrogen (secondary N) is 2. The number of hydrogen-bond donors (Lipinski definition) is 2. The Labute approximate surface area is 194 Å². The molecule has 3 amide bonds. The molecule has 2 N–H and O–H groups in total. The molecule has 172 valence electrons. The Balaban J connectivity index is 1.95. The smallest absolute Gasteiger partial charge is 0.319 e. The third kappa shape index (κ3) is 6.55. The van der Waals surface area contributed by atoms with Crippen LogP contribution in [0.2, 0.25) is 0 Å². The summed E-state index contributed by atoms with van der Waals surface area (Å²) >= 11 is 0. The highest BCUT2D eigenvalue weighted by Gasteiger charge is 2.19. The van der Waals surface area contributed by atoms with Crippen LogP contribution in [-0.4, -0.2) is 37.5 Å². The predicted molar refractivity (Wildman–Crippen MR) is 130 cm³/mol. The molecule has 0 aromatic heterocycles. The van der Waals surface area contributed by atoms with Crippen molar-refractivity contribution in [3.63, 3.8) is 0 Å². The molecule has 6 nitrogen and oxygen atoms in total. The summed E-state index contributed by atoms with van der Waals surface area (Å²) in [7, 11) is 3.86. The molecule has 0 aliphatic heterocycles. The van der Waals surface area contributed by atoms with Crippen LogP contribution in [0.4, 0.5) is 20.6 Å². The average molecular weight is 449 g/mol. The van der Waals surface area contributed by atoms with Crippen molar-refractivity contribution in [2.45, 2.75) is 20.0 Å². The van der Waals surface area contributed by atoms with Crippen LogP contribution in [-0.2, 0) is 13.1 Å². The maximum Gasteiger partial charge on any atom is 0.319 e. The molecule has 0 atom stereocenters. The Morgan fingerprint density at radius 3 is 2.24 bits per heavy atom. The highest BCUT2D eigenvalue weighted by molar-refractivity contribution is 5.94. The third-order valence-corrected chi connectivity index (χ3v) is 5.11. The van der Waals surface area contributed by atoms with Crippen molar-refractivity contribution < 1.29 is 14.0 Å². The van der Waals surface area contributed by atoms with Crippen molar-refractivity contribution in [2.75, 3.05) is 30.9 Å². The standard InChI is InChI=1S/C26H29FN4O2/c1-4-28-26(33)29-23-14-15-24(30(2)3)21(16-23)18-31(17-19-8-6-5-7-9-19)25(32)20-10-12-22(27)13-11-20/h5-16H,4,17-18H2,1-3H3,(H2,28,29,33). The number of urea groups is 1. The van der Waals surface area contributed by atoms with E-state index in [4.69, 9.17) is 0 Å². The van der Waals surface area contributed by atoms with Crippen molar-refractivity contribution >= 4 is 23.3 Å². The van der Waals surface area contributed by atoms with Gasteiger partial charge in [0.1, 0.15) is 5.82 Å². The topological polar surface area (TPSA) is 64.7 Å². The summed E-state index contributed by atoms with van der Waals surface area (Å²) in [5.41, 5.74) is 3.84. The van der Waals surface area contributed by atoms with Crippen LogP contribution in [0.1, 0.15) is 28.4 Å². The number of hydrogen-bond acceptors (Lipinski definition) is 3. The first-order valence-electron chi connectivity index (χ1n) is 10.8. The summed E-state index contributed by atoms with van der Waals surface area (Å²) in [4.78, 5) is 29.1. The predicted octanol–water partition coefficient (Wildman–Crippen LogP) is 4.88. The third-order valence-electron chi connectivity index (χ3n) is 5.11. The van der Waals surface area contributed by atoms with Crippen molar-refractivity contribution in [3.8, 4) is 0 Å². The van der Waals surface area contributed by atoms with Gasteiger partial charge in [-0.3, -0.25) is 4.79 Å². The fraction of sp³-hybridized carbons (Fsp3) is 0.231. The maximum absolute atomic E-state index is 13.4. The molecule has 3 aromatic carbocycles. The molecule has 0 spiro atoms. The lowest BCUT2D eigenvalue weighted by atomic mass is 10.1. The van der Waals surface area contributed by atoms with Gasteiger partial charge in [0.2, 0.25) is 0 Å². The van der Waals surface area contributed by atoms with Crippen LogP contribution in [0.5, 0.6) is 0 Å². The Morgan fingerprint density at radius 1 is 0.909 bits per heavy atom. The van der Waals surface area contributed by atoms with Gasteiger partial charge in [0, 0.05) is 50.7 Å². The molecule has 0 heterocycles. The van der Waals surface area contributed by atoms with Gasteiger partial charge in [0.15, 0.2) is 0 Å². The van der Waals surface area contributed by atoms with Crippen LogP contribution < -0.4 is 15.5 Å². The van der Waals surface area contributed by atoms with Gasteiger partial charge in [-0.25, -0.2) is 9.18 Å². The lowest BCUT2D eigenvalue weighted by Crippen LogP contribution is -2.31. The zero-order valence-electron chi connectivity index (χ0n) is 19.1. The van der Waals surface area contributed by atoms with Crippen molar-refractivity contribution in [3.05, 3.63) is 95.3 Å². The number of anilines is 2. The van der Waals surface area contributed by atoms with Gasteiger partial charge in [-0.15, -0.1) is 0 Å². The molecular formula is C26H29FN4O2. The summed E-state index contributed by atoms with van der Waals surface area (Å²) in [5.74, 6) is -0.592. The molecule has 7 heteroatoms. The first kappa shape index (κ1) is 23.8. The number of rotatable bonds is 8. The number of amides is 3. The zero-order chi connectivity index (χ0) is 23.8. The molecule has 0 radical (unpaired) electrons. The Hall–Kier alpha value is -3.87. The quantitative estimate of drug-likeness (QED) is 0.516. The lowest BCUT2D eigenvalue weighted by molar-refractivity contribution is 0.0730. The molecule has 0 saturated carbocycles. The minimum absolute atomic E-state index is 0.203. The van der Waals surface area contributed by atoms with Gasteiger partial charge in [-0.1, -0.05) is 30.3 Å². The van der Waals surface area contributed by atoms with Crippen LogP contribution >= 0.6 is 0 Å². The fourth-order valence-corrected chi connectivity index (χ4v) is 3.55. The van der Waals surface area contributed by atoms with E-state index in [1.165, 1.54) is 24.3 Å². The zero-order valence-corrected chi connectivity index (χ0v) is 19.1. The van der Waals surface area contributed by atoms with Crippen molar-refractivity contribution in [1.82, 2.24) is 10.2 Å². The summed E-state index contributed by atoms with van der Waals surface area (Å²) in [6.45, 7) is 3.07. The minimum Gasteiger partial charge on any atom is -0.377 e. The van der Waals surface area contributed by atoms with E-state index in [-0.39, 0.29) is 17.8 Å². The van der Waals surface area contributed by atoms with Gasteiger partial charge in [0.25, 0.3) is 5.91 Å². The number of carbonyl (C=O) groups excluding carboxylic acids is 2. The number of halogens is 1. The summed E-state index contributed by atoms with van der Waals surface area (Å²) in [6, 6.07) is 20.6. The largest absolute Gasteiger partial charge is 0.377 e. The Bertz CT molecular complexity index is 1090. The second-order valence-electron chi connectivity index (χ2n) is 7.88. The number of nitrogens with zero attached hydrogens (tertiary/aromatic N) is 2. The van der Waals surface area contributed by atoms with E-state index in [1.807, 2.05) is 74.4 Å². The molecule has 33 heavy (non-hydrogen) atoms. The van der Waals surface area contributed by atoms with Crippen LogP contribution in [0.15, 0.2) is 72.8 Å². The van der Waals surface area contributed by atoms with Gasteiger partial charge >= 0.3 is 6.03 Å². The second kappa shape index (κ2) is 11.1. The first-order chi connectivity index (χ1) is 15.9. The maximum atomic E-state index is 13.4. The number of carbonyl (C=O) groups is 2. The van der Waals surface area contributed by atoms with Gasteiger partial charge < -0.3 is 20.4 Å². The monoisotopic (exact) mass is 448 g/mol. The van der Waals surface area contributed by atoms with Gasteiger partial charge in [-0.05, 0) is 60.5 Å². The highest BCUT2D eigenvalue weighted by Crippen LogP contribution is 2.26. The molecule has 0 bridgehead atoms. The molecule has 0 saturated heterocycles. The normalized spacial score (nSPS) is 10.4. The molecule has 3 aromatic rings. The molecular weight excluding hydrogens is 419 g/mol. The summed E-state index contributed by atoms with van der Waals surface area (Å²) in [5, 5.41) is 5.54. The second-order valence-corrected chi connectivity index (χ2v) is 7.88. The molecule has 0 fully saturated rings. The fourth-order valence-electron chi connectivity index (χ4n) is 3.55. The van der Waals surface area contributed by atoms with E-state index < -0.39 is 0 Å². The average Bonchev–Trinajstić information content (AvgIpc) is 2.79. The van der Waals surface area contributed by atoms with E-state index in [2.05, 4.69) is 10.6 Å². The van der Waals surface area contributed by atoms with Crippen LogP contribution in [0.25, 0.3) is 0 Å². The van der Waals surface area contributed by atoms with E-state index in [9.17, 15) is 14.0 Å². The van der Waals surface area contributed by atoms with Crippen molar-refractivity contribution in [2.24, 2.45) is 0 Å². The Morgan fingerprint density at radius 2 is 1.61 bits per heavy atom. The van der Waals surface area contributed by atoms with E-state index >= 15 is 0 Å². The van der Waals surface area contributed by atoms with E-state index in [1.54, 1.807) is 4.90 Å². The lowest BCUT2D eigenvalue weighted by Gasteiger charge is -2.26. The van der Waals surface area contributed by atoms with Crippen LogP contribution in [0.3, 0.4) is 0 Å². The number of benzene rings is 3. The van der Waals surface area contributed by atoms with Gasteiger partial charge in [0.05, 0.1) is 0 Å². The first-order valence-corrected chi connectivity index (χ1v) is 10.8. The van der Waals surface area contributed by atoms with Crippen LogP contribution in [0, 0.1) is 5.82 Å². The van der Waals surface area contributed by atoms with E-state index in [0.717, 1.165) is 16.8 Å². The van der Waals surface area contributed by atoms with E-state index in [0.29, 0.717) is 30.9 Å². The highest BCUT2D eigenvalue weighted by atomic mass is 19.1. The SMILES string of the molecule is CCNC(=O)Nc1ccc(N(C)C)c(CN(Cc2ccccc2)C(=O)c2ccc(F)cc2)c1. The summed E-state index contributed by atoms with van der Waals surface area (Å²) in [6.07, 6.45) is 0. The minimum atomic E-state index is -0.389. The molecule has 0 unspecified atom stereocenters. The summed E-state index contributed by atoms with van der Waals surface area (Å²) < 4.78 is 13.4. The molecule has 0 aliphatic carbocycles.